The number of nitrogens with zero attached hydrogens (tertiary/aromatic N) is 1. The lowest BCUT2D eigenvalue weighted by Crippen LogP contribution is -2.28. The molecule has 1 atom stereocenters. The van der Waals surface area contributed by atoms with E-state index < -0.39 is 0 Å². The maximum atomic E-state index is 5.67. The van der Waals surface area contributed by atoms with Gasteiger partial charge in [-0.15, -0.1) is 0 Å². The summed E-state index contributed by atoms with van der Waals surface area (Å²) in [5, 5.41) is 0. The summed E-state index contributed by atoms with van der Waals surface area (Å²) in [7, 11) is 0. The highest BCUT2D eigenvalue weighted by molar-refractivity contribution is 5.24. The molecule has 0 aliphatic heterocycles. The first-order valence-corrected chi connectivity index (χ1v) is 5.29. The van der Waals surface area contributed by atoms with Gasteiger partial charge in [-0.1, -0.05) is 13.0 Å². The van der Waals surface area contributed by atoms with Crippen LogP contribution in [0.2, 0.25) is 0 Å². The van der Waals surface area contributed by atoms with Crippen molar-refractivity contribution in [3.63, 3.8) is 0 Å². The van der Waals surface area contributed by atoms with Gasteiger partial charge in [-0.25, -0.2) is 5.43 Å². The zero-order valence-electron chi connectivity index (χ0n) is 9.18. The molecule has 1 unspecified atom stereocenters. The van der Waals surface area contributed by atoms with Crippen molar-refractivity contribution in [2.45, 2.75) is 19.4 Å². The molecule has 16 heavy (non-hydrogen) atoms. The molecule has 2 aromatic heterocycles. The van der Waals surface area contributed by atoms with Crippen LogP contribution in [0.25, 0.3) is 0 Å². The molecule has 3 N–H and O–H groups in total. The number of hydrazine groups is 1. The maximum absolute atomic E-state index is 5.67. The van der Waals surface area contributed by atoms with Crippen molar-refractivity contribution >= 4 is 0 Å². The Labute approximate surface area is 94.5 Å². The third-order valence-electron chi connectivity index (χ3n) is 2.50. The summed E-state index contributed by atoms with van der Waals surface area (Å²) < 4.78 is 5.67. The first-order chi connectivity index (χ1) is 7.85. The van der Waals surface area contributed by atoms with Crippen LogP contribution in [0.5, 0.6) is 0 Å². The molecular weight excluding hydrogens is 202 g/mol. The summed E-state index contributed by atoms with van der Waals surface area (Å²) in [5.74, 6) is 7.32. The Morgan fingerprint density at radius 3 is 2.88 bits per heavy atom. The Kier molecular flexibility index (Phi) is 3.34. The van der Waals surface area contributed by atoms with Crippen LogP contribution in [0.1, 0.15) is 30.0 Å². The molecule has 0 amide bonds. The number of nitrogens with one attached hydrogen (secondary N) is 1. The van der Waals surface area contributed by atoms with E-state index in [1.165, 1.54) is 0 Å². The van der Waals surface area contributed by atoms with Crippen LogP contribution >= 0.6 is 0 Å². The summed E-state index contributed by atoms with van der Waals surface area (Å²) in [4.78, 5) is 4.07. The number of pyridine rings is 1. The second kappa shape index (κ2) is 4.92. The molecule has 0 spiro atoms. The molecular formula is C12H15N3O. The Morgan fingerprint density at radius 2 is 2.31 bits per heavy atom. The average Bonchev–Trinajstić information content (AvgIpc) is 2.80. The van der Waals surface area contributed by atoms with Gasteiger partial charge in [-0.3, -0.25) is 10.8 Å². The third-order valence-corrected chi connectivity index (χ3v) is 2.50. The van der Waals surface area contributed by atoms with Gasteiger partial charge < -0.3 is 4.42 Å². The fourth-order valence-electron chi connectivity index (χ4n) is 1.63. The van der Waals surface area contributed by atoms with Gasteiger partial charge in [0.15, 0.2) is 0 Å². The first-order valence-electron chi connectivity index (χ1n) is 5.29. The van der Waals surface area contributed by atoms with Crippen molar-refractivity contribution in [3.05, 3.63) is 53.7 Å². The van der Waals surface area contributed by atoms with Crippen LogP contribution < -0.4 is 11.3 Å². The zero-order valence-corrected chi connectivity index (χ0v) is 9.18. The monoisotopic (exact) mass is 217 g/mol. The van der Waals surface area contributed by atoms with Gasteiger partial charge in [-0.05, 0) is 23.8 Å². The van der Waals surface area contributed by atoms with E-state index in [1.807, 2.05) is 24.3 Å². The standard InChI is InChI=1S/C12H15N3O/c1-2-10-5-6-11(16-10)12(15-13)9-4-3-7-14-8-9/h3-8,12,15H,2,13H2,1H3. The molecule has 4 heteroatoms. The van der Waals surface area contributed by atoms with Crippen LogP contribution in [0.3, 0.4) is 0 Å². The number of furan rings is 1. The van der Waals surface area contributed by atoms with Gasteiger partial charge in [0.2, 0.25) is 0 Å². The SMILES string of the molecule is CCc1ccc(C(NN)c2cccnc2)o1. The predicted molar refractivity (Wildman–Crippen MR) is 61.5 cm³/mol. The lowest BCUT2D eigenvalue weighted by atomic mass is 10.1. The zero-order chi connectivity index (χ0) is 11.4. The molecule has 0 saturated carbocycles. The Balaban J connectivity index is 2.29. The molecule has 0 saturated heterocycles. The Bertz CT molecular complexity index is 439. The molecule has 2 aromatic rings. The van der Waals surface area contributed by atoms with Crippen molar-refractivity contribution in [1.82, 2.24) is 10.4 Å². The number of aromatic nitrogens is 1. The van der Waals surface area contributed by atoms with Crippen molar-refractivity contribution in [2.24, 2.45) is 5.84 Å². The second-order valence-corrected chi connectivity index (χ2v) is 3.54. The highest BCUT2D eigenvalue weighted by Crippen LogP contribution is 2.22. The van der Waals surface area contributed by atoms with Crippen LogP contribution in [0.4, 0.5) is 0 Å². The quantitative estimate of drug-likeness (QED) is 0.605. The molecule has 84 valence electrons. The van der Waals surface area contributed by atoms with E-state index in [2.05, 4.69) is 17.3 Å². The van der Waals surface area contributed by atoms with E-state index in [-0.39, 0.29) is 6.04 Å². The minimum Gasteiger partial charge on any atom is -0.464 e. The van der Waals surface area contributed by atoms with Gasteiger partial charge in [0.1, 0.15) is 17.6 Å². The number of aryl methyl sites for hydroxylation is 1. The maximum Gasteiger partial charge on any atom is 0.126 e. The summed E-state index contributed by atoms with van der Waals surface area (Å²) >= 11 is 0. The van der Waals surface area contributed by atoms with Gasteiger partial charge in [0, 0.05) is 18.8 Å². The lowest BCUT2D eigenvalue weighted by molar-refractivity contribution is 0.425. The van der Waals surface area contributed by atoms with E-state index in [1.54, 1.807) is 12.4 Å². The molecule has 0 aliphatic rings. The van der Waals surface area contributed by atoms with Crippen LogP contribution in [0, 0.1) is 0 Å². The minimum absolute atomic E-state index is 0.144. The molecule has 2 rings (SSSR count). The smallest absolute Gasteiger partial charge is 0.126 e. The minimum atomic E-state index is -0.144. The van der Waals surface area contributed by atoms with E-state index in [0.717, 1.165) is 23.5 Å². The van der Waals surface area contributed by atoms with E-state index in [9.17, 15) is 0 Å². The van der Waals surface area contributed by atoms with Crippen molar-refractivity contribution in [3.8, 4) is 0 Å². The third kappa shape index (κ3) is 2.13. The molecule has 0 aromatic carbocycles. The van der Waals surface area contributed by atoms with Gasteiger partial charge >= 0.3 is 0 Å². The molecule has 0 radical (unpaired) electrons. The number of nitrogens with two attached hydrogens (primary N) is 1. The largest absolute Gasteiger partial charge is 0.464 e. The fraction of sp³-hybridized carbons (Fsp3) is 0.250. The van der Waals surface area contributed by atoms with Crippen LogP contribution in [-0.4, -0.2) is 4.98 Å². The number of rotatable bonds is 4. The topological polar surface area (TPSA) is 64.1 Å². The van der Waals surface area contributed by atoms with E-state index >= 15 is 0 Å². The van der Waals surface area contributed by atoms with E-state index in [0.29, 0.717) is 0 Å². The van der Waals surface area contributed by atoms with Crippen LogP contribution in [0.15, 0.2) is 41.1 Å². The summed E-state index contributed by atoms with van der Waals surface area (Å²) in [6, 6.07) is 7.61. The first kappa shape index (κ1) is 10.9. The average molecular weight is 217 g/mol. The Hall–Kier alpha value is -1.65. The lowest BCUT2D eigenvalue weighted by Gasteiger charge is -2.12. The van der Waals surface area contributed by atoms with Crippen LogP contribution in [-0.2, 0) is 6.42 Å². The summed E-state index contributed by atoms with van der Waals surface area (Å²) in [5.41, 5.74) is 3.73. The van der Waals surface area contributed by atoms with Crippen molar-refractivity contribution < 1.29 is 4.42 Å². The normalized spacial score (nSPS) is 12.6. The van der Waals surface area contributed by atoms with Gasteiger partial charge in [-0.2, -0.15) is 0 Å². The molecule has 2 heterocycles. The van der Waals surface area contributed by atoms with E-state index in [4.69, 9.17) is 10.3 Å². The number of hydrogen-bond donors (Lipinski definition) is 2. The summed E-state index contributed by atoms with van der Waals surface area (Å²) in [6.07, 6.45) is 4.39. The molecule has 0 fully saturated rings. The fourth-order valence-corrected chi connectivity index (χ4v) is 1.63. The van der Waals surface area contributed by atoms with Crippen molar-refractivity contribution in [1.29, 1.82) is 0 Å². The summed E-state index contributed by atoms with van der Waals surface area (Å²) in [6.45, 7) is 2.05. The highest BCUT2D eigenvalue weighted by atomic mass is 16.3. The molecule has 0 aliphatic carbocycles. The predicted octanol–water partition coefficient (Wildman–Crippen LogP) is 1.79. The molecule has 0 bridgehead atoms. The molecule has 4 nitrogen and oxygen atoms in total. The Morgan fingerprint density at radius 1 is 1.44 bits per heavy atom. The highest BCUT2D eigenvalue weighted by Gasteiger charge is 2.15. The van der Waals surface area contributed by atoms with Gasteiger partial charge in [0.25, 0.3) is 0 Å². The second-order valence-electron chi connectivity index (χ2n) is 3.54. The van der Waals surface area contributed by atoms with Crippen molar-refractivity contribution in [2.75, 3.05) is 0 Å². The van der Waals surface area contributed by atoms with Gasteiger partial charge in [0.05, 0.1) is 0 Å². The number of hydrogen-bond acceptors (Lipinski definition) is 4.